The highest BCUT2D eigenvalue weighted by Gasteiger charge is 2.23. The van der Waals surface area contributed by atoms with E-state index >= 15 is 0 Å². The van der Waals surface area contributed by atoms with Crippen molar-refractivity contribution in [2.24, 2.45) is 0 Å². The normalized spacial score (nSPS) is 16.4. The van der Waals surface area contributed by atoms with Crippen LogP contribution in [0.4, 0.5) is 0 Å². The third-order valence-corrected chi connectivity index (χ3v) is 4.71. The summed E-state index contributed by atoms with van der Waals surface area (Å²) in [5.74, 6) is 1.49. The maximum atomic E-state index is 9.14. The van der Waals surface area contributed by atoms with Crippen LogP contribution in [-0.2, 0) is 13.1 Å². The molecule has 0 amide bonds. The topological polar surface area (TPSA) is 50.5 Å². The van der Waals surface area contributed by atoms with Crippen LogP contribution < -0.4 is 4.74 Å². The Morgan fingerprint density at radius 2 is 1.92 bits per heavy atom. The van der Waals surface area contributed by atoms with Crippen LogP contribution in [0.1, 0.15) is 36.9 Å². The third kappa shape index (κ3) is 4.16. The number of aromatic nitrogens is 2. The highest BCUT2D eigenvalue weighted by atomic mass is 16.5. The lowest BCUT2D eigenvalue weighted by Crippen LogP contribution is -2.33. The maximum absolute atomic E-state index is 9.14. The minimum absolute atomic E-state index is 0.144. The molecule has 1 saturated heterocycles. The molecule has 0 atom stereocenters. The van der Waals surface area contributed by atoms with Gasteiger partial charge in [0.15, 0.2) is 0 Å². The zero-order chi connectivity index (χ0) is 16.8. The molecule has 2 aromatic rings. The third-order valence-electron chi connectivity index (χ3n) is 4.71. The first-order valence-electron chi connectivity index (χ1n) is 8.86. The summed E-state index contributed by atoms with van der Waals surface area (Å²) in [4.78, 5) is 2.51. The van der Waals surface area contributed by atoms with Gasteiger partial charge in [-0.3, -0.25) is 9.58 Å². The van der Waals surface area contributed by atoms with E-state index in [4.69, 9.17) is 9.84 Å². The van der Waals surface area contributed by atoms with Crippen molar-refractivity contribution in [3.8, 4) is 5.75 Å². The quantitative estimate of drug-likeness (QED) is 0.848. The Balaban J connectivity index is 1.52. The van der Waals surface area contributed by atoms with Crippen LogP contribution in [0.15, 0.2) is 36.5 Å². The molecule has 0 spiro atoms. The van der Waals surface area contributed by atoms with Gasteiger partial charge in [0, 0.05) is 24.4 Å². The Hall–Kier alpha value is -1.85. The number of rotatable bonds is 7. The van der Waals surface area contributed by atoms with Gasteiger partial charge >= 0.3 is 0 Å². The van der Waals surface area contributed by atoms with E-state index in [-0.39, 0.29) is 6.61 Å². The van der Waals surface area contributed by atoms with Crippen molar-refractivity contribution in [3.63, 3.8) is 0 Å². The fourth-order valence-electron chi connectivity index (χ4n) is 3.47. The smallest absolute Gasteiger partial charge is 0.119 e. The van der Waals surface area contributed by atoms with Crippen molar-refractivity contribution < 1.29 is 9.84 Å². The second kappa shape index (κ2) is 8.31. The van der Waals surface area contributed by atoms with Gasteiger partial charge in [-0.05, 0) is 56.6 Å². The van der Waals surface area contributed by atoms with E-state index in [1.807, 2.05) is 17.8 Å². The number of nitrogens with zero attached hydrogens (tertiary/aromatic N) is 3. The molecule has 2 heterocycles. The van der Waals surface area contributed by atoms with Gasteiger partial charge in [0.05, 0.1) is 19.8 Å². The molecule has 1 fully saturated rings. The lowest BCUT2D eigenvalue weighted by Gasteiger charge is -2.32. The monoisotopic (exact) mass is 329 g/mol. The van der Waals surface area contributed by atoms with Crippen molar-refractivity contribution in [2.75, 3.05) is 26.3 Å². The molecule has 1 N–H and O–H groups in total. The summed E-state index contributed by atoms with van der Waals surface area (Å²) in [5, 5.41) is 13.5. The number of ether oxygens (including phenoxy) is 1. The van der Waals surface area contributed by atoms with Gasteiger partial charge in [-0.15, -0.1) is 0 Å². The number of aliphatic hydroxyl groups is 1. The number of aliphatic hydroxyl groups excluding tert-OH is 1. The van der Waals surface area contributed by atoms with E-state index in [1.54, 1.807) is 0 Å². The van der Waals surface area contributed by atoms with Gasteiger partial charge in [0.25, 0.3) is 0 Å². The summed E-state index contributed by atoms with van der Waals surface area (Å²) in [7, 11) is 0. The Kier molecular flexibility index (Phi) is 5.88. The summed E-state index contributed by atoms with van der Waals surface area (Å²) in [5.41, 5.74) is 2.60. The Morgan fingerprint density at radius 3 is 2.58 bits per heavy atom. The van der Waals surface area contributed by atoms with Gasteiger partial charge in [0.1, 0.15) is 5.75 Å². The molecule has 24 heavy (non-hydrogen) atoms. The second-order valence-electron chi connectivity index (χ2n) is 6.33. The van der Waals surface area contributed by atoms with Crippen molar-refractivity contribution in [3.05, 3.63) is 47.8 Å². The maximum Gasteiger partial charge on any atom is 0.119 e. The van der Waals surface area contributed by atoms with Crippen LogP contribution in [0.3, 0.4) is 0 Å². The minimum Gasteiger partial charge on any atom is -0.494 e. The number of hydrogen-bond donors (Lipinski definition) is 1. The van der Waals surface area contributed by atoms with Crippen LogP contribution in [-0.4, -0.2) is 46.1 Å². The number of hydrogen-bond acceptors (Lipinski definition) is 4. The average molecular weight is 329 g/mol. The molecule has 0 bridgehead atoms. The van der Waals surface area contributed by atoms with Crippen LogP contribution >= 0.6 is 0 Å². The van der Waals surface area contributed by atoms with Crippen LogP contribution in [0.25, 0.3) is 0 Å². The first kappa shape index (κ1) is 17.0. The van der Waals surface area contributed by atoms with Gasteiger partial charge in [-0.25, -0.2) is 0 Å². The highest BCUT2D eigenvalue weighted by Crippen LogP contribution is 2.28. The van der Waals surface area contributed by atoms with Crippen LogP contribution in [0.2, 0.25) is 0 Å². The molecule has 130 valence electrons. The molecule has 0 unspecified atom stereocenters. The van der Waals surface area contributed by atoms with Crippen LogP contribution in [0, 0.1) is 0 Å². The Morgan fingerprint density at radius 1 is 1.17 bits per heavy atom. The number of piperidine rings is 1. The number of likely N-dealkylation sites (tertiary alicyclic amines) is 1. The van der Waals surface area contributed by atoms with Crippen molar-refractivity contribution >= 4 is 0 Å². The van der Waals surface area contributed by atoms with Gasteiger partial charge in [-0.1, -0.05) is 12.1 Å². The molecule has 5 heteroatoms. The summed E-state index contributed by atoms with van der Waals surface area (Å²) in [6.45, 7) is 6.64. The molecule has 3 rings (SSSR count). The summed E-state index contributed by atoms with van der Waals surface area (Å²) in [6, 6.07) is 10.5. The number of benzene rings is 1. The average Bonchev–Trinajstić information content (AvgIpc) is 3.06. The lowest BCUT2D eigenvalue weighted by molar-refractivity contribution is 0.198. The SMILES string of the molecule is CCOc1ccc(CN2CCC(c3ccnn3CCO)CC2)cc1. The molecule has 1 aliphatic heterocycles. The van der Waals surface area contributed by atoms with Gasteiger partial charge in [0.2, 0.25) is 0 Å². The Labute approximate surface area is 143 Å². The summed E-state index contributed by atoms with van der Waals surface area (Å²) < 4.78 is 7.45. The van der Waals surface area contributed by atoms with E-state index in [0.29, 0.717) is 19.1 Å². The van der Waals surface area contributed by atoms with Gasteiger partial charge < -0.3 is 9.84 Å². The lowest BCUT2D eigenvalue weighted by atomic mass is 9.93. The minimum atomic E-state index is 0.144. The highest BCUT2D eigenvalue weighted by molar-refractivity contribution is 5.27. The molecular weight excluding hydrogens is 302 g/mol. The molecule has 1 aromatic carbocycles. The zero-order valence-electron chi connectivity index (χ0n) is 14.4. The molecule has 0 aliphatic carbocycles. The van der Waals surface area contributed by atoms with Crippen molar-refractivity contribution in [1.82, 2.24) is 14.7 Å². The standard InChI is InChI=1S/C19H27N3O2/c1-2-24-18-5-3-16(4-6-18)15-21-11-8-17(9-12-21)19-7-10-20-22(19)13-14-23/h3-7,10,17,23H,2,8-9,11-15H2,1H3. The molecule has 0 radical (unpaired) electrons. The van der Waals surface area contributed by atoms with E-state index in [9.17, 15) is 0 Å². The largest absolute Gasteiger partial charge is 0.494 e. The Bertz CT molecular complexity index is 616. The first-order chi connectivity index (χ1) is 11.8. The molecule has 1 aliphatic rings. The predicted molar refractivity (Wildman–Crippen MR) is 94.2 cm³/mol. The molecule has 0 saturated carbocycles. The first-order valence-corrected chi connectivity index (χ1v) is 8.86. The van der Waals surface area contributed by atoms with Gasteiger partial charge in [-0.2, -0.15) is 5.10 Å². The van der Waals surface area contributed by atoms with Crippen molar-refractivity contribution in [2.45, 2.75) is 38.8 Å². The van der Waals surface area contributed by atoms with E-state index in [0.717, 1.165) is 38.2 Å². The summed E-state index contributed by atoms with van der Waals surface area (Å²) >= 11 is 0. The molecule has 5 nitrogen and oxygen atoms in total. The van der Waals surface area contributed by atoms with E-state index in [2.05, 4.69) is 40.3 Å². The molecule has 1 aromatic heterocycles. The molecular formula is C19H27N3O2. The second-order valence-corrected chi connectivity index (χ2v) is 6.33. The zero-order valence-corrected chi connectivity index (χ0v) is 14.4. The predicted octanol–water partition coefficient (Wildman–Crippen LogP) is 2.65. The summed E-state index contributed by atoms with van der Waals surface area (Å²) in [6.07, 6.45) is 4.14. The van der Waals surface area contributed by atoms with E-state index in [1.165, 1.54) is 11.3 Å². The van der Waals surface area contributed by atoms with E-state index < -0.39 is 0 Å². The fourth-order valence-corrected chi connectivity index (χ4v) is 3.47. The van der Waals surface area contributed by atoms with Crippen LogP contribution in [0.5, 0.6) is 5.75 Å². The fraction of sp³-hybridized carbons (Fsp3) is 0.526. The van der Waals surface area contributed by atoms with Crippen molar-refractivity contribution in [1.29, 1.82) is 0 Å².